The van der Waals surface area contributed by atoms with Crippen LogP contribution in [0.1, 0.15) is 0 Å². The summed E-state index contributed by atoms with van der Waals surface area (Å²) in [6, 6.07) is 0. The van der Waals surface area contributed by atoms with Crippen LogP contribution in [-0.2, 0) is 0 Å². The first-order valence-corrected chi connectivity index (χ1v) is 5.26. The zero-order valence-corrected chi connectivity index (χ0v) is 10.6. The van der Waals surface area contributed by atoms with Crippen LogP contribution >= 0.6 is 0 Å². The van der Waals surface area contributed by atoms with Gasteiger partial charge in [0.25, 0.3) is 0 Å². The molecule has 1 aromatic rings. The van der Waals surface area contributed by atoms with Gasteiger partial charge in [0.05, 0.1) is 14.2 Å². The van der Waals surface area contributed by atoms with E-state index in [1.807, 2.05) is 11.9 Å². The molecule has 7 heteroatoms. The van der Waals surface area contributed by atoms with Gasteiger partial charge in [0.2, 0.25) is 17.7 Å². The molecule has 0 saturated carbocycles. The third kappa shape index (κ3) is 2.88. The van der Waals surface area contributed by atoms with Crippen molar-refractivity contribution in [2.75, 3.05) is 51.6 Å². The molecule has 1 aromatic heterocycles. The van der Waals surface area contributed by atoms with E-state index in [9.17, 15) is 0 Å². The molecule has 0 unspecified atom stereocenters. The maximum atomic E-state index is 5.49. The average Bonchev–Trinajstić information content (AvgIpc) is 2.37. The average molecular weight is 241 g/mol. The van der Waals surface area contributed by atoms with Crippen molar-refractivity contribution in [3.8, 4) is 11.8 Å². The van der Waals surface area contributed by atoms with Gasteiger partial charge in [-0.05, 0) is 0 Å². The molecular formula is C10H19N5O2. The summed E-state index contributed by atoms with van der Waals surface area (Å²) in [5, 5.41) is 2.95. The van der Waals surface area contributed by atoms with E-state index in [0.29, 0.717) is 36.5 Å². The van der Waals surface area contributed by atoms with Gasteiger partial charge in [0.15, 0.2) is 5.69 Å². The van der Waals surface area contributed by atoms with E-state index in [-0.39, 0.29) is 0 Å². The quantitative estimate of drug-likeness (QED) is 0.721. The zero-order chi connectivity index (χ0) is 12.8. The van der Waals surface area contributed by atoms with Gasteiger partial charge < -0.3 is 25.4 Å². The molecule has 17 heavy (non-hydrogen) atoms. The first-order valence-electron chi connectivity index (χ1n) is 5.26. The predicted octanol–water partition coefficient (Wildman–Crippen LogP) is -0.0696. The Balaban J connectivity index is 3.17. The Morgan fingerprint density at radius 1 is 1.24 bits per heavy atom. The van der Waals surface area contributed by atoms with Gasteiger partial charge in [0, 0.05) is 27.2 Å². The van der Waals surface area contributed by atoms with E-state index in [1.54, 1.807) is 21.3 Å². The van der Waals surface area contributed by atoms with Crippen molar-refractivity contribution in [2.45, 2.75) is 0 Å². The van der Waals surface area contributed by atoms with Crippen LogP contribution in [-0.4, -0.2) is 51.4 Å². The van der Waals surface area contributed by atoms with Crippen LogP contribution in [0.2, 0.25) is 0 Å². The SMILES string of the molecule is CNc1c(OC)nc(N(C)CCN)nc1OC. The lowest BCUT2D eigenvalue weighted by Gasteiger charge is -2.19. The summed E-state index contributed by atoms with van der Waals surface area (Å²) < 4.78 is 10.4. The normalized spacial score (nSPS) is 9.94. The number of anilines is 2. The van der Waals surface area contributed by atoms with E-state index in [4.69, 9.17) is 15.2 Å². The highest BCUT2D eigenvalue weighted by Crippen LogP contribution is 2.32. The molecule has 0 aliphatic rings. The highest BCUT2D eigenvalue weighted by molar-refractivity contribution is 5.62. The lowest BCUT2D eigenvalue weighted by atomic mass is 10.4. The molecule has 0 bridgehead atoms. The molecule has 0 saturated heterocycles. The molecule has 0 fully saturated rings. The zero-order valence-electron chi connectivity index (χ0n) is 10.6. The topological polar surface area (TPSA) is 85.5 Å². The van der Waals surface area contributed by atoms with Gasteiger partial charge in [0.1, 0.15) is 0 Å². The van der Waals surface area contributed by atoms with Crippen molar-refractivity contribution in [2.24, 2.45) is 5.73 Å². The van der Waals surface area contributed by atoms with E-state index >= 15 is 0 Å². The highest BCUT2D eigenvalue weighted by Gasteiger charge is 2.16. The number of hydrogen-bond donors (Lipinski definition) is 2. The van der Waals surface area contributed by atoms with E-state index in [0.717, 1.165) is 0 Å². The summed E-state index contributed by atoms with van der Waals surface area (Å²) in [5.74, 6) is 1.40. The molecule has 1 rings (SSSR count). The van der Waals surface area contributed by atoms with Gasteiger partial charge in [-0.1, -0.05) is 0 Å². The highest BCUT2D eigenvalue weighted by atomic mass is 16.5. The molecule has 0 aromatic carbocycles. The van der Waals surface area contributed by atoms with Gasteiger partial charge in [-0.2, -0.15) is 9.97 Å². The second-order valence-corrected chi connectivity index (χ2v) is 3.38. The van der Waals surface area contributed by atoms with Crippen molar-refractivity contribution in [1.82, 2.24) is 9.97 Å². The minimum absolute atomic E-state index is 0.443. The molecule has 0 amide bonds. The molecule has 0 spiro atoms. The Hall–Kier alpha value is -1.76. The van der Waals surface area contributed by atoms with Crippen molar-refractivity contribution in [1.29, 1.82) is 0 Å². The number of methoxy groups -OCH3 is 2. The van der Waals surface area contributed by atoms with Crippen molar-refractivity contribution in [3.05, 3.63) is 0 Å². The fourth-order valence-corrected chi connectivity index (χ4v) is 1.38. The maximum absolute atomic E-state index is 5.49. The standard InChI is InChI=1S/C10H19N5O2/c1-12-7-8(16-3)13-10(14-9(7)17-4)15(2)6-5-11/h12H,5-6,11H2,1-4H3. The summed E-state index contributed by atoms with van der Waals surface area (Å²) in [6.45, 7) is 1.18. The molecule has 0 radical (unpaired) electrons. The third-order valence-electron chi connectivity index (χ3n) is 2.27. The number of nitrogens with zero attached hydrogens (tertiary/aromatic N) is 3. The Kier molecular flexibility index (Phi) is 4.77. The van der Waals surface area contributed by atoms with Crippen LogP contribution in [0.5, 0.6) is 11.8 Å². The summed E-state index contributed by atoms with van der Waals surface area (Å²) in [5.41, 5.74) is 6.12. The predicted molar refractivity (Wildman–Crippen MR) is 67.0 cm³/mol. The Morgan fingerprint density at radius 3 is 2.12 bits per heavy atom. The molecule has 3 N–H and O–H groups in total. The largest absolute Gasteiger partial charge is 0.479 e. The molecule has 96 valence electrons. The number of nitrogens with two attached hydrogens (primary N) is 1. The van der Waals surface area contributed by atoms with E-state index in [2.05, 4.69) is 15.3 Å². The Morgan fingerprint density at radius 2 is 1.76 bits per heavy atom. The first-order chi connectivity index (χ1) is 8.17. The fraction of sp³-hybridized carbons (Fsp3) is 0.600. The summed E-state index contributed by atoms with van der Waals surface area (Å²) in [4.78, 5) is 10.4. The first kappa shape index (κ1) is 13.3. The van der Waals surface area contributed by atoms with E-state index < -0.39 is 0 Å². The number of hydrogen-bond acceptors (Lipinski definition) is 7. The van der Waals surface area contributed by atoms with Crippen molar-refractivity contribution >= 4 is 11.6 Å². The third-order valence-corrected chi connectivity index (χ3v) is 2.27. The molecule has 0 aliphatic carbocycles. The van der Waals surface area contributed by atoms with Crippen molar-refractivity contribution < 1.29 is 9.47 Å². The number of nitrogens with one attached hydrogen (secondary N) is 1. The van der Waals surface area contributed by atoms with Gasteiger partial charge >= 0.3 is 0 Å². The van der Waals surface area contributed by atoms with Crippen LogP contribution in [0, 0.1) is 0 Å². The molecule has 7 nitrogen and oxygen atoms in total. The summed E-state index contributed by atoms with van der Waals surface area (Å²) in [7, 11) is 6.72. The van der Waals surface area contributed by atoms with Crippen LogP contribution < -0.4 is 25.4 Å². The number of likely N-dealkylation sites (N-methyl/N-ethyl adjacent to an activating group) is 1. The summed E-state index contributed by atoms with van der Waals surface area (Å²) in [6.07, 6.45) is 0. The lowest BCUT2D eigenvalue weighted by Crippen LogP contribution is -2.27. The molecule has 1 heterocycles. The van der Waals surface area contributed by atoms with Gasteiger partial charge in [-0.25, -0.2) is 0 Å². The van der Waals surface area contributed by atoms with Gasteiger partial charge in [-0.15, -0.1) is 0 Å². The van der Waals surface area contributed by atoms with E-state index in [1.165, 1.54) is 0 Å². The lowest BCUT2D eigenvalue weighted by molar-refractivity contribution is 0.375. The van der Waals surface area contributed by atoms with Crippen LogP contribution in [0.3, 0.4) is 0 Å². The second kappa shape index (κ2) is 6.09. The smallest absolute Gasteiger partial charge is 0.246 e. The number of ether oxygens (including phenoxy) is 2. The minimum Gasteiger partial charge on any atom is -0.479 e. The van der Waals surface area contributed by atoms with Crippen LogP contribution in [0.15, 0.2) is 0 Å². The number of rotatable bonds is 6. The second-order valence-electron chi connectivity index (χ2n) is 3.38. The van der Waals surface area contributed by atoms with Crippen LogP contribution in [0.25, 0.3) is 0 Å². The summed E-state index contributed by atoms with van der Waals surface area (Å²) >= 11 is 0. The Labute approximate surface area is 101 Å². The number of aromatic nitrogens is 2. The van der Waals surface area contributed by atoms with Gasteiger partial charge in [-0.3, -0.25) is 0 Å². The Bertz CT molecular complexity index is 347. The minimum atomic E-state index is 0.443. The molecule has 0 atom stereocenters. The monoisotopic (exact) mass is 241 g/mol. The fourth-order valence-electron chi connectivity index (χ4n) is 1.38. The van der Waals surface area contributed by atoms with Crippen molar-refractivity contribution in [3.63, 3.8) is 0 Å². The molecule has 0 aliphatic heterocycles. The maximum Gasteiger partial charge on any atom is 0.246 e. The van der Waals surface area contributed by atoms with Crippen LogP contribution in [0.4, 0.5) is 11.6 Å². The molecular weight excluding hydrogens is 222 g/mol.